The highest BCUT2D eigenvalue weighted by atomic mass is 32.1. The van der Waals surface area contributed by atoms with Crippen LogP contribution in [-0.4, -0.2) is 47.2 Å². The third kappa shape index (κ3) is 8.52. The smallest absolute Gasteiger partial charge is 0.302 e. The Morgan fingerprint density at radius 1 is 1.16 bits per heavy atom. The summed E-state index contributed by atoms with van der Waals surface area (Å²) in [6.07, 6.45) is 8.48. The minimum Gasteiger partial charge on any atom is -0.465 e. The molecule has 0 spiro atoms. The van der Waals surface area contributed by atoms with E-state index in [-0.39, 0.29) is 11.4 Å². The second-order valence-corrected chi connectivity index (χ2v) is 12.7. The van der Waals surface area contributed by atoms with Crippen molar-refractivity contribution in [2.45, 2.75) is 79.4 Å². The first-order valence-corrected chi connectivity index (χ1v) is 16.2. The molecule has 10 heteroatoms. The summed E-state index contributed by atoms with van der Waals surface area (Å²) in [6, 6.07) is 10.8. The Hall–Kier alpha value is -3.60. The lowest BCUT2D eigenvalue weighted by atomic mass is 9.84. The van der Waals surface area contributed by atoms with Gasteiger partial charge in [0.15, 0.2) is 0 Å². The second-order valence-electron chi connectivity index (χ2n) is 11.9. The zero-order valence-corrected chi connectivity index (χ0v) is 27.4. The highest BCUT2D eigenvalue weighted by Gasteiger charge is 2.28. The lowest BCUT2D eigenvalue weighted by molar-refractivity contribution is -0.143. The second kappa shape index (κ2) is 15.9. The van der Waals surface area contributed by atoms with Crippen molar-refractivity contribution in [1.82, 2.24) is 25.4 Å². The van der Waals surface area contributed by atoms with Gasteiger partial charge in [0.1, 0.15) is 5.01 Å². The van der Waals surface area contributed by atoms with Crippen molar-refractivity contribution in [2.75, 3.05) is 20.3 Å². The zero-order valence-electron chi connectivity index (χ0n) is 26.6. The van der Waals surface area contributed by atoms with Crippen LogP contribution in [0.4, 0.5) is 0 Å². The van der Waals surface area contributed by atoms with E-state index in [2.05, 4.69) is 70.8 Å². The topological polar surface area (TPSA) is 107 Å². The molecule has 2 N–H and O–H groups in total. The Morgan fingerprint density at radius 2 is 1.98 bits per heavy atom. The number of hydrazine groups is 1. The van der Waals surface area contributed by atoms with E-state index in [1.165, 1.54) is 17.9 Å². The molecule has 0 saturated heterocycles. The summed E-state index contributed by atoms with van der Waals surface area (Å²) < 4.78 is 13.4. The fourth-order valence-electron chi connectivity index (χ4n) is 5.65. The van der Waals surface area contributed by atoms with Crippen LogP contribution in [0.25, 0.3) is 32.7 Å². The molecule has 1 amide bonds. The Kier molecular flexibility index (Phi) is 12.1. The van der Waals surface area contributed by atoms with Gasteiger partial charge in [-0.1, -0.05) is 26.7 Å². The number of fused-ring (bicyclic) bond motifs is 1. The number of carbonyl (C=O) groups excluding carboxylic acids is 2. The van der Waals surface area contributed by atoms with E-state index in [4.69, 9.17) is 14.5 Å². The summed E-state index contributed by atoms with van der Waals surface area (Å²) in [7, 11) is 1.69. The number of rotatable bonds is 18. The van der Waals surface area contributed by atoms with Gasteiger partial charge in [-0.25, -0.2) is 10.4 Å². The Balaban J connectivity index is 1.67. The quantitative estimate of drug-likeness (QED) is 0.0568. The highest BCUT2D eigenvalue weighted by molar-refractivity contribution is 7.13. The van der Waals surface area contributed by atoms with E-state index < -0.39 is 0 Å². The lowest BCUT2D eigenvalue weighted by Crippen LogP contribution is -2.30. The molecule has 3 aromatic heterocycles. The number of methoxy groups -OCH3 is 1. The normalized spacial score (nSPS) is 11.7. The average Bonchev–Trinajstić information content (AvgIpc) is 3.60. The van der Waals surface area contributed by atoms with E-state index in [1.807, 2.05) is 12.3 Å². The Bertz CT molecular complexity index is 1540. The summed E-state index contributed by atoms with van der Waals surface area (Å²) in [4.78, 5) is 31.7. The summed E-state index contributed by atoms with van der Waals surface area (Å²) >= 11 is 1.69. The van der Waals surface area contributed by atoms with Crippen LogP contribution < -0.4 is 10.9 Å². The highest BCUT2D eigenvalue weighted by Crippen LogP contribution is 2.41. The minimum atomic E-state index is -0.289. The molecule has 0 atom stereocenters. The van der Waals surface area contributed by atoms with E-state index in [1.54, 1.807) is 18.4 Å². The third-order valence-corrected chi connectivity index (χ3v) is 8.62. The molecule has 0 bridgehead atoms. The van der Waals surface area contributed by atoms with Crippen molar-refractivity contribution in [3.8, 4) is 21.8 Å². The van der Waals surface area contributed by atoms with Crippen LogP contribution in [0.3, 0.4) is 0 Å². The molecule has 0 aliphatic rings. The number of hydrogen-bond donors (Lipinski definition) is 2. The number of aromatic nitrogens is 3. The van der Waals surface area contributed by atoms with Gasteiger partial charge in [-0.05, 0) is 68.5 Å². The number of amides is 1. The third-order valence-electron chi connectivity index (χ3n) is 7.68. The average molecular weight is 620 g/mol. The van der Waals surface area contributed by atoms with Gasteiger partial charge in [0, 0.05) is 66.1 Å². The SMILES string of the molecule is CCn1c(-c2cccnc2COC)c(CC(C)(C)COC(C)=O)c2cc(-c3nc(CCCCCCNNC=O)cs3)ccc21. The molecule has 0 unspecified atom stereocenters. The number of unbranched alkanes of at least 4 members (excludes halogenated alkanes) is 3. The van der Waals surface area contributed by atoms with Crippen LogP contribution in [0.5, 0.6) is 0 Å². The molecule has 1 aromatic carbocycles. The number of ether oxygens (including phenoxy) is 2. The van der Waals surface area contributed by atoms with E-state index >= 15 is 0 Å². The molecule has 236 valence electrons. The molecule has 4 rings (SSSR count). The molecule has 44 heavy (non-hydrogen) atoms. The van der Waals surface area contributed by atoms with E-state index in [0.717, 1.165) is 83.9 Å². The first-order valence-electron chi connectivity index (χ1n) is 15.4. The maximum Gasteiger partial charge on any atom is 0.302 e. The number of hydrogen-bond acceptors (Lipinski definition) is 8. The van der Waals surface area contributed by atoms with Crippen molar-refractivity contribution < 1.29 is 19.1 Å². The Labute approximate surface area is 264 Å². The number of benzene rings is 1. The van der Waals surface area contributed by atoms with Gasteiger partial charge in [0.25, 0.3) is 0 Å². The van der Waals surface area contributed by atoms with Gasteiger partial charge in [0.05, 0.1) is 30.3 Å². The molecule has 4 aromatic rings. The molecular weight excluding hydrogens is 574 g/mol. The number of aryl methyl sites for hydroxylation is 2. The minimum absolute atomic E-state index is 0.269. The van der Waals surface area contributed by atoms with Gasteiger partial charge in [-0.15, -0.1) is 11.3 Å². The molecule has 0 aliphatic carbocycles. The van der Waals surface area contributed by atoms with Crippen LogP contribution in [-0.2, 0) is 45.1 Å². The number of nitrogens with one attached hydrogen (secondary N) is 2. The predicted molar refractivity (Wildman–Crippen MR) is 176 cm³/mol. The van der Waals surface area contributed by atoms with Crippen molar-refractivity contribution in [2.24, 2.45) is 5.41 Å². The standard InChI is InChI=1S/C34H45N5O4S/c1-6-39-31-15-14-25(33-38-26(21-44-33)12-9-7-8-10-17-36-37-23-40)18-28(31)29(19-34(3,4)22-43-24(2)41)32(39)27-13-11-16-35-30(27)20-42-5/h11,13-16,18,21,23,36H,6-10,12,17,19-20,22H2,1-5H3,(H,37,40). The van der Waals surface area contributed by atoms with Gasteiger partial charge >= 0.3 is 5.97 Å². The monoisotopic (exact) mass is 619 g/mol. The Morgan fingerprint density at radius 3 is 2.73 bits per heavy atom. The first-order chi connectivity index (χ1) is 21.3. The summed E-state index contributed by atoms with van der Waals surface area (Å²) in [5.41, 5.74) is 12.7. The fourth-order valence-corrected chi connectivity index (χ4v) is 6.50. The number of carbonyl (C=O) groups is 2. The fraction of sp³-hybridized carbons (Fsp3) is 0.471. The number of thiazole rings is 1. The summed E-state index contributed by atoms with van der Waals surface area (Å²) in [5.74, 6) is -0.269. The molecular formula is C34H45N5O4S. The number of nitrogens with zero attached hydrogens (tertiary/aromatic N) is 3. The zero-order chi connectivity index (χ0) is 31.5. The largest absolute Gasteiger partial charge is 0.465 e. The van der Waals surface area contributed by atoms with Crippen LogP contribution in [0.2, 0.25) is 0 Å². The molecule has 0 saturated carbocycles. The maximum absolute atomic E-state index is 11.7. The molecule has 0 radical (unpaired) electrons. The van der Waals surface area contributed by atoms with Gasteiger partial charge in [0.2, 0.25) is 6.41 Å². The van der Waals surface area contributed by atoms with Crippen molar-refractivity contribution >= 4 is 34.6 Å². The van der Waals surface area contributed by atoms with Crippen molar-refractivity contribution in [3.05, 3.63) is 58.9 Å². The molecule has 9 nitrogen and oxygen atoms in total. The van der Waals surface area contributed by atoms with Gasteiger partial charge in [-0.3, -0.25) is 20.0 Å². The van der Waals surface area contributed by atoms with Crippen LogP contribution in [0, 0.1) is 5.41 Å². The van der Waals surface area contributed by atoms with Crippen LogP contribution in [0.1, 0.15) is 70.3 Å². The first kappa shape index (κ1) is 33.3. The van der Waals surface area contributed by atoms with Gasteiger partial charge in [-0.2, -0.15) is 0 Å². The van der Waals surface area contributed by atoms with Crippen molar-refractivity contribution in [3.63, 3.8) is 0 Å². The molecule has 3 heterocycles. The summed E-state index contributed by atoms with van der Waals surface area (Å²) in [5, 5.41) is 4.37. The van der Waals surface area contributed by atoms with Crippen molar-refractivity contribution in [1.29, 1.82) is 0 Å². The predicted octanol–water partition coefficient (Wildman–Crippen LogP) is 6.48. The lowest BCUT2D eigenvalue weighted by Gasteiger charge is -2.25. The maximum atomic E-state index is 11.7. The van der Waals surface area contributed by atoms with E-state index in [9.17, 15) is 9.59 Å². The summed E-state index contributed by atoms with van der Waals surface area (Å²) in [6.45, 7) is 10.2. The number of pyridine rings is 1. The van der Waals surface area contributed by atoms with E-state index in [0.29, 0.717) is 26.0 Å². The number of esters is 1. The van der Waals surface area contributed by atoms with Gasteiger partial charge < -0.3 is 14.0 Å². The molecule has 0 fully saturated rings. The van der Waals surface area contributed by atoms with Crippen LogP contribution >= 0.6 is 11.3 Å². The van der Waals surface area contributed by atoms with Crippen LogP contribution in [0.15, 0.2) is 41.9 Å². The molecule has 0 aliphatic heterocycles.